The van der Waals surface area contributed by atoms with Gasteiger partial charge in [0.1, 0.15) is 11.6 Å². The number of piperidine rings is 1. The summed E-state index contributed by atoms with van der Waals surface area (Å²) >= 11 is 0. The number of aromatic nitrogens is 3. The molecule has 6 nitrogen and oxygen atoms in total. The standard InChI is InChI=1S/C18H29N5O/c1-21-16(13-22-9-2-3-10-22)19-20-17(21)15-8-5-11-23(12-15)18(24)14-6-4-7-14/h14-15H,2-13H2,1H3/t15-/m1/s1. The van der Waals surface area contributed by atoms with Gasteiger partial charge in [0, 0.05) is 32.0 Å². The van der Waals surface area contributed by atoms with Gasteiger partial charge in [0.2, 0.25) is 5.91 Å². The maximum Gasteiger partial charge on any atom is 0.225 e. The second kappa shape index (κ2) is 6.82. The maximum absolute atomic E-state index is 12.6. The molecule has 1 amide bonds. The van der Waals surface area contributed by atoms with Crippen molar-refractivity contribution in [2.24, 2.45) is 13.0 Å². The van der Waals surface area contributed by atoms with E-state index in [0.29, 0.717) is 17.7 Å². The SMILES string of the molecule is Cn1c(CN2CCCC2)nnc1[C@@H]1CCCN(C(=O)C2CCC2)C1. The predicted octanol–water partition coefficient (Wildman–Crippen LogP) is 1.92. The van der Waals surface area contributed by atoms with Crippen LogP contribution in [0.2, 0.25) is 0 Å². The number of hydrogen-bond donors (Lipinski definition) is 0. The van der Waals surface area contributed by atoms with Crippen LogP contribution in [0.25, 0.3) is 0 Å². The summed E-state index contributed by atoms with van der Waals surface area (Å²) in [4.78, 5) is 17.1. The van der Waals surface area contributed by atoms with Gasteiger partial charge < -0.3 is 9.47 Å². The number of likely N-dealkylation sites (tertiary alicyclic amines) is 2. The van der Waals surface area contributed by atoms with Crippen LogP contribution in [0.5, 0.6) is 0 Å². The van der Waals surface area contributed by atoms with Gasteiger partial charge in [0.05, 0.1) is 6.54 Å². The predicted molar refractivity (Wildman–Crippen MR) is 91.4 cm³/mol. The number of carbonyl (C=O) groups is 1. The average Bonchev–Trinajstić information content (AvgIpc) is 3.17. The monoisotopic (exact) mass is 331 g/mol. The van der Waals surface area contributed by atoms with Gasteiger partial charge in [-0.15, -0.1) is 10.2 Å². The average molecular weight is 331 g/mol. The van der Waals surface area contributed by atoms with Gasteiger partial charge in [-0.3, -0.25) is 9.69 Å². The van der Waals surface area contributed by atoms with Crippen molar-refractivity contribution in [3.8, 4) is 0 Å². The van der Waals surface area contributed by atoms with Crippen molar-refractivity contribution in [1.29, 1.82) is 0 Å². The molecule has 1 atom stereocenters. The van der Waals surface area contributed by atoms with Crippen molar-refractivity contribution in [3.05, 3.63) is 11.6 Å². The Balaban J connectivity index is 1.42. The van der Waals surface area contributed by atoms with E-state index < -0.39 is 0 Å². The second-order valence-corrected chi connectivity index (χ2v) is 7.77. The fraction of sp³-hybridized carbons (Fsp3) is 0.833. The third kappa shape index (κ3) is 3.08. The van der Waals surface area contributed by atoms with Gasteiger partial charge in [0.15, 0.2) is 0 Å². The van der Waals surface area contributed by atoms with Crippen LogP contribution in [0.15, 0.2) is 0 Å². The molecule has 0 unspecified atom stereocenters. The molecule has 1 aromatic rings. The summed E-state index contributed by atoms with van der Waals surface area (Å²) in [5.41, 5.74) is 0. The first kappa shape index (κ1) is 16.1. The van der Waals surface area contributed by atoms with Crippen LogP contribution in [0.1, 0.15) is 62.5 Å². The Morgan fingerprint density at radius 3 is 2.54 bits per heavy atom. The first-order valence-corrected chi connectivity index (χ1v) is 9.61. The molecular weight excluding hydrogens is 302 g/mol. The molecule has 0 spiro atoms. The third-order valence-electron chi connectivity index (χ3n) is 6.12. The molecule has 3 heterocycles. The van der Waals surface area contributed by atoms with Crippen LogP contribution >= 0.6 is 0 Å². The molecule has 3 aliphatic rings. The van der Waals surface area contributed by atoms with E-state index in [2.05, 4.69) is 31.6 Å². The molecule has 24 heavy (non-hydrogen) atoms. The van der Waals surface area contributed by atoms with Crippen LogP contribution in [-0.4, -0.2) is 56.7 Å². The summed E-state index contributed by atoms with van der Waals surface area (Å²) in [5, 5.41) is 8.96. The second-order valence-electron chi connectivity index (χ2n) is 7.77. The van der Waals surface area contributed by atoms with E-state index >= 15 is 0 Å². The molecular formula is C18H29N5O. The Hall–Kier alpha value is -1.43. The molecule has 1 aliphatic carbocycles. The van der Waals surface area contributed by atoms with Crippen LogP contribution in [0, 0.1) is 5.92 Å². The number of rotatable bonds is 4. The Bertz CT molecular complexity index is 588. The minimum absolute atomic E-state index is 0.300. The molecule has 0 bridgehead atoms. The van der Waals surface area contributed by atoms with Crippen molar-refractivity contribution in [2.75, 3.05) is 26.2 Å². The van der Waals surface area contributed by atoms with Gasteiger partial charge in [-0.25, -0.2) is 0 Å². The summed E-state index contributed by atoms with van der Waals surface area (Å²) < 4.78 is 2.18. The van der Waals surface area contributed by atoms with Crippen LogP contribution in [0.4, 0.5) is 0 Å². The summed E-state index contributed by atoms with van der Waals surface area (Å²) in [5.74, 6) is 3.15. The summed E-state index contributed by atoms with van der Waals surface area (Å²) in [6.45, 7) is 5.00. The van der Waals surface area contributed by atoms with Gasteiger partial charge in [0.25, 0.3) is 0 Å². The Morgan fingerprint density at radius 1 is 1.04 bits per heavy atom. The third-order valence-corrected chi connectivity index (χ3v) is 6.12. The fourth-order valence-electron chi connectivity index (χ4n) is 4.31. The van der Waals surface area contributed by atoms with E-state index in [1.54, 1.807) is 0 Å². The summed E-state index contributed by atoms with van der Waals surface area (Å²) in [6.07, 6.45) is 8.18. The van der Waals surface area contributed by atoms with E-state index in [1.165, 1.54) is 32.4 Å². The highest BCUT2D eigenvalue weighted by atomic mass is 16.2. The molecule has 0 aromatic carbocycles. The Kier molecular flexibility index (Phi) is 4.57. The first-order chi connectivity index (χ1) is 11.7. The quantitative estimate of drug-likeness (QED) is 0.846. The maximum atomic E-state index is 12.6. The van der Waals surface area contributed by atoms with Crippen molar-refractivity contribution in [2.45, 2.75) is 57.4 Å². The number of amides is 1. The normalized spacial score (nSPS) is 25.9. The van der Waals surface area contributed by atoms with E-state index in [9.17, 15) is 4.79 Å². The molecule has 1 saturated carbocycles. The number of carbonyl (C=O) groups excluding carboxylic acids is 1. The lowest BCUT2D eigenvalue weighted by Crippen LogP contribution is -2.44. The van der Waals surface area contributed by atoms with Gasteiger partial charge in [-0.05, 0) is 51.6 Å². The van der Waals surface area contributed by atoms with Crippen molar-refractivity contribution >= 4 is 5.91 Å². The lowest BCUT2D eigenvalue weighted by atomic mass is 9.83. The minimum atomic E-state index is 0.300. The summed E-state index contributed by atoms with van der Waals surface area (Å²) in [6, 6.07) is 0. The lowest BCUT2D eigenvalue weighted by Gasteiger charge is -2.36. The molecule has 0 radical (unpaired) electrons. The smallest absolute Gasteiger partial charge is 0.225 e. The molecule has 3 fully saturated rings. The van der Waals surface area contributed by atoms with E-state index in [0.717, 1.165) is 57.0 Å². The molecule has 1 aromatic heterocycles. The van der Waals surface area contributed by atoms with Gasteiger partial charge in [-0.2, -0.15) is 0 Å². The van der Waals surface area contributed by atoms with Crippen LogP contribution < -0.4 is 0 Å². The highest BCUT2D eigenvalue weighted by Crippen LogP contribution is 2.32. The van der Waals surface area contributed by atoms with E-state index in [4.69, 9.17) is 0 Å². The van der Waals surface area contributed by atoms with Gasteiger partial charge >= 0.3 is 0 Å². The topological polar surface area (TPSA) is 54.3 Å². The summed E-state index contributed by atoms with van der Waals surface area (Å²) in [7, 11) is 2.09. The van der Waals surface area contributed by atoms with Gasteiger partial charge in [-0.1, -0.05) is 6.42 Å². The van der Waals surface area contributed by atoms with E-state index in [-0.39, 0.29) is 0 Å². The van der Waals surface area contributed by atoms with Crippen molar-refractivity contribution in [3.63, 3.8) is 0 Å². The Labute approximate surface area is 144 Å². The zero-order valence-corrected chi connectivity index (χ0v) is 14.8. The molecule has 4 rings (SSSR count). The minimum Gasteiger partial charge on any atom is -0.342 e. The molecule has 6 heteroatoms. The zero-order valence-electron chi connectivity index (χ0n) is 14.8. The number of nitrogens with zero attached hydrogens (tertiary/aromatic N) is 5. The van der Waals surface area contributed by atoms with Crippen LogP contribution in [0.3, 0.4) is 0 Å². The van der Waals surface area contributed by atoms with Crippen molar-refractivity contribution in [1.82, 2.24) is 24.6 Å². The lowest BCUT2D eigenvalue weighted by molar-refractivity contribution is -0.139. The highest BCUT2D eigenvalue weighted by Gasteiger charge is 2.34. The number of hydrogen-bond acceptors (Lipinski definition) is 4. The largest absolute Gasteiger partial charge is 0.342 e. The van der Waals surface area contributed by atoms with Crippen molar-refractivity contribution < 1.29 is 4.79 Å². The highest BCUT2D eigenvalue weighted by molar-refractivity contribution is 5.79. The fourth-order valence-corrected chi connectivity index (χ4v) is 4.31. The van der Waals surface area contributed by atoms with Crippen LogP contribution in [-0.2, 0) is 18.4 Å². The first-order valence-electron chi connectivity index (χ1n) is 9.61. The Morgan fingerprint density at radius 2 is 1.83 bits per heavy atom. The van der Waals surface area contributed by atoms with E-state index in [1.807, 2.05) is 0 Å². The molecule has 2 saturated heterocycles. The molecule has 132 valence electrons. The molecule has 2 aliphatic heterocycles. The molecule has 0 N–H and O–H groups in total. The zero-order chi connectivity index (χ0) is 16.5.